The van der Waals surface area contributed by atoms with Crippen LogP contribution in [-0.4, -0.2) is 39.3 Å². The van der Waals surface area contributed by atoms with E-state index in [1.54, 1.807) is 0 Å². The SMILES string of the molecule is Cc1cc(Br)ccc1NC(=O)CNC(=O)CSc1n[nH]c(CC2CCCC2)n1. The molecular formula is C19H24BrN5O2S. The van der Waals surface area contributed by atoms with E-state index >= 15 is 0 Å². The molecule has 1 fully saturated rings. The first-order chi connectivity index (χ1) is 13.5. The average Bonchev–Trinajstić information content (AvgIpc) is 3.33. The van der Waals surface area contributed by atoms with Crippen molar-refractivity contribution >= 4 is 45.2 Å². The van der Waals surface area contributed by atoms with Crippen LogP contribution < -0.4 is 10.6 Å². The highest BCUT2D eigenvalue weighted by atomic mass is 79.9. The lowest BCUT2D eigenvalue weighted by Crippen LogP contribution is -2.34. The predicted octanol–water partition coefficient (Wildman–Crippen LogP) is 3.46. The first-order valence-corrected chi connectivity index (χ1v) is 11.1. The average molecular weight is 466 g/mol. The highest BCUT2D eigenvalue weighted by Crippen LogP contribution is 2.27. The second-order valence-electron chi connectivity index (χ2n) is 6.99. The predicted molar refractivity (Wildman–Crippen MR) is 113 cm³/mol. The first-order valence-electron chi connectivity index (χ1n) is 9.36. The van der Waals surface area contributed by atoms with Crippen LogP contribution in [0.15, 0.2) is 27.8 Å². The number of aromatic nitrogens is 3. The van der Waals surface area contributed by atoms with Crippen molar-refractivity contribution in [3.63, 3.8) is 0 Å². The second kappa shape index (κ2) is 10.1. The number of amides is 2. The lowest BCUT2D eigenvalue weighted by Gasteiger charge is -2.09. The van der Waals surface area contributed by atoms with E-state index in [0.717, 1.165) is 28.0 Å². The molecule has 0 aliphatic heterocycles. The quantitative estimate of drug-likeness (QED) is 0.518. The molecule has 9 heteroatoms. The van der Waals surface area contributed by atoms with Crippen LogP contribution in [0.2, 0.25) is 0 Å². The summed E-state index contributed by atoms with van der Waals surface area (Å²) in [5.41, 5.74) is 1.68. The summed E-state index contributed by atoms with van der Waals surface area (Å²) >= 11 is 4.65. The molecule has 3 N–H and O–H groups in total. The molecular weight excluding hydrogens is 442 g/mol. The number of aromatic amines is 1. The fraction of sp³-hybridized carbons (Fsp3) is 0.474. The molecule has 2 aromatic rings. The van der Waals surface area contributed by atoms with Crippen molar-refractivity contribution in [3.8, 4) is 0 Å². The maximum atomic E-state index is 12.0. The molecule has 0 atom stereocenters. The number of carbonyl (C=O) groups excluding carboxylic acids is 2. The van der Waals surface area contributed by atoms with Gasteiger partial charge in [0.2, 0.25) is 17.0 Å². The molecule has 1 aliphatic carbocycles. The van der Waals surface area contributed by atoms with Crippen molar-refractivity contribution in [1.82, 2.24) is 20.5 Å². The van der Waals surface area contributed by atoms with E-state index in [1.165, 1.54) is 37.4 Å². The van der Waals surface area contributed by atoms with E-state index in [0.29, 0.717) is 11.1 Å². The Kier molecular flexibility index (Phi) is 7.50. The molecule has 1 aliphatic rings. The van der Waals surface area contributed by atoms with Crippen LogP contribution in [0.1, 0.15) is 37.1 Å². The lowest BCUT2D eigenvalue weighted by molar-refractivity contribution is -0.122. The number of H-pyrrole nitrogens is 1. The Morgan fingerprint density at radius 1 is 1.29 bits per heavy atom. The van der Waals surface area contributed by atoms with Crippen molar-refractivity contribution < 1.29 is 9.59 Å². The molecule has 7 nitrogen and oxygen atoms in total. The Bertz CT molecular complexity index is 835. The van der Waals surface area contributed by atoms with E-state index < -0.39 is 0 Å². The monoisotopic (exact) mass is 465 g/mol. The number of thioether (sulfide) groups is 1. The third-order valence-electron chi connectivity index (χ3n) is 4.71. The van der Waals surface area contributed by atoms with Gasteiger partial charge in [-0.2, -0.15) is 0 Å². The van der Waals surface area contributed by atoms with Crippen molar-refractivity contribution in [2.75, 3.05) is 17.6 Å². The number of hydrogen-bond acceptors (Lipinski definition) is 5. The second-order valence-corrected chi connectivity index (χ2v) is 8.85. The van der Waals surface area contributed by atoms with Crippen LogP contribution in [0.3, 0.4) is 0 Å². The van der Waals surface area contributed by atoms with Gasteiger partial charge in [-0.15, -0.1) is 5.10 Å². The molecule has 0 bridgehead atoms. The summed E-state index contributed by atoms with van der Waals surface area (Å²) in [6.07, 6.45) is 6.04. The van der Waals surface area contributed by atoms with Crippen LogP contribution in [0.25, 0.3) is 0 Å². The number of nitrogens with one attached hydrogen (secondary N) is 3. The minimum atomic E-state index is -0.263. The van der Waals surface area contributed by atoms with E-state index in [9.17, 15) is 9.59 Å². The fourth-order valence-corrected chi connectivity index (χ4v) is 4.37. The van der Waals surface area contributed by atoms with Gasteiger partial charge in [-0.3, -0.25) is 14.7 Å². The Balaban J connectivity index is 1.37. The Hall–Kier alpha value is -1.87. The van der Waals surface area contributed by atoms with Gasteiger partial charge in [-0.05, 0) is 36.6 Å². The van der Waals surface area contributed by atoms with E-state index in [-0.39, 0.29) is 24.1 Å². The summed E-state index contributed by atoms with van der Waals surface area (Å²) in [6, 6.07) is 5.60. The van der Waals surface area contributed by atoms with Gasteiger partial charge in [0.05, 0.1) is 12.3 Å². The highest BCUT2D eigenvalue weighted by molar-refractivity contribution is 9.10. The fourth-order valence-electron chi connectivity index (χ4n) is 3.24. The molecule has 1 heterocycles. The zero-order chi connectivity index (χ0) is 19.9. The number of carbonyl (C=O) groups is 2. The molecule has 1 saturated carbocycles. The summed E-state index contributed by atoms with van der Waals surface area (Å²) in [5.74, 6) is 1.27. The van der Waals surface area contributed by atoms with Gasteiger partial charge in [0.15, 0.2) is 0 Å². The van der Waals surface area contributed by atoms with Crippen molar-refractivity contribution in [1.29, 1.82) is 0 Å². The Morgan fingerprint density at radius 3 is 2.82 bits per heavy atom. The number of halogens is 1. The minimum Gasteiger partial charge on any atom is -0.346 e. The molecule has 0 radical (unpaired) electrons. The van der Waals surface area contributed by atoms with E-state index in [4.69, 9.17) is 0 Å². The summed E-state index contributed by atoms with van der Waals surface area (Å²) < 4.78 is 0.951. The summed E-state index contributed by atoms with van der Waals surface area (Å²) in [7, 11) is 0. The topological polar surface area (TPSA) is 99.8 Å². The zero-order valence-corrected chi connectivity index (χ0v) is 18.2. The lowest BCUT2D eigenvalue weighted by atomic mass is 10.0. The van der Waals surface area contributed by atoms with E-state index in [1.807, 2.05) is 25.1 Å². The van der Waals surface area contributed by atoms with Gasteiger partial charge in [0.1, 0.15) is 5.82 Å². The Labute approximate surface area is 177 Å². The number of aryl methyl sites for hydroxylation is 1. The summed E-state index contributed by atoms with van der Waals surface area (Å²) in [5, 5.41) is 13.1. The number of hydrogen-bond donors (Lipinski definition) is 3. The van der Waals surface area contributed by atoms with Crippen LogP contribution in [0.4, 0.5) is 5.69 Å². The maximum Gasteiger partial charge on any atom is 0.243 e. The van der Waals surface area contributed by atoms with Crippen LogP contribution >= 0.6 is 27.7 Å². The molecule has 0 spiro atoms. The molecule has 1 aromatic carbocycles. The maximum absolute atomic E-state index is 12.0. The summed E-state index contributed by atoms with van der Waals surface area (Å²) in [4.78, 5) is 28.5. The van der Waals surface area contributed by atoms with Crippen LogP contribution in [0, 0.1) is 12.8 Å². The first kappa shape index (κ1) is 20.9. The Morgan fingerprint density at radius 2 is 2.07 bits per heavy atom. The number of rotatable bonds is 8. The van der Waals surface area contributed by atoms with Gasteiger partial charge in [0.25, 0.3) is 0 Å². The van der Waals surface area contributed by atoms with Gasteiger partial charge in [0, 0.05) is 16.6 Å². The molecule has 0 saturated heterocycles. The largest absolute Gasteiger partial charge is 0.346 e. The number of nitrogens with zero attached hydrogens (tertiary/aromatic N) is 2. The number of benzene rings is 1. The van der Waals surface area contributed by atoms with Crippen LogP contribution in [0.5, 0.6) is 0 Å². The third kappa shape index (κ3) is 6.34. The normalized spacial score (nSPS) is 14.2. The number of anilines is 1. The minimum absolute atomic E-state index is 0.0736. The van der Waals surface area contributed by atoms with Crippen molar-refractivity contribution in [2.24, 2.45) is 5.92 Å². The standard InChI is InChI=1S/C19H24BrN5O2S/c1-12-8-14(20)6-7-15(12)22-17(26)10-21-18(27)11-28-19-23-16(24-25-19)9-13-4-2-3-5-13/h6-8,13H,2-5,9-11H2,1H3,(H,21,27)(H,22,26)(H,23,24,25). The molecule has 1 aromatic heterocycles. The van der Waals surface area contributed by atoms with Crippen molar-refractivity contribution in [3.05, 3.63) is 34.1 Å². The summed E-state index contributed by atoms with van der Waals surface area (Å²) in [6.45, 7) is 1.84. The smallest absolute Gasteiger partial charge is 0.243 e. The molecule has 2 amide bonds. The van der Waals surface area contributed by atoms with Gasteiger partial charge < -0.3 is 10.6 Å². The van der Waals surface area contributed by atoms with Gasteiger partial charge in [-0.1, -0.05) is 53.4 Å². The van der Waals surface area contributed by atoms with E-state index in [2.05, 4.69) is 41.7 Å². The zero-order valence-electron chi connectivity index (χ0n) is 15.8. The third-order valence-corrected chi connectivity index (χ3v) is 6.05. The molecule has 150 valence electrons. The highest BCUT2D eigenvalue weighted by Gasteiger charge is 2.17. The molecule has 0 unspecified atom stereocenters. The molecule has 3 rings (SSSR count). The van der Waals surface area contributed by atoms with Crippen molar-refractivity contribution in [2.45, 2.75) is 44.2 Å². The van der Waals surface area contributed by atoms with Crippen LogP contribution in [-0.2, 0) is 16.0 Å². The van der Waals surface area contributed by atoms with Gasteiger partial charge in [-0.25, -0.2) is 4.98 Å². The molecule has 28 heavy (non-hydrogen) atoms. The van der Waals surface area contributed by atoms with Gasteiger partial charge >= 0.3 is 0 Å².